The highest BCUT2D eigenvalue weighted by Gasteiger charge is 2.21. The van der Waals surface area contributed by atoms with E-state index in [1.807, 2.05) is 0 Å². The van der Waals surface area contributed by atoms with Gasteiger partial charge in [0.25, 0.3) is 0 Å². The Morgan fingerprint density at radius 1 is 1.13 bits per heavy atom. The summed E-state index contributed by atoms with van der Waals surface area (Å²) in [6.07, 6.45) is 0.897. The molecule has 0 aromatic heterocycles. The SMILES string of the molecule is CS(=O)(=O)N(CC(=O)Nc1ccccc1F)c1cccc(F)c1. The lowest BCUT2D eigenvalue weighted by molar-refractivity contribution is -0.114. The first-order chi connectivity index (χ1) is 10.8. The summed E-state index contributed by atoms with van der Waals surface area (Å²) in [7, 11) is -3.82. The van der Waals surface area contributed by atoms with Crippen LogP contribution in [0.2, 0.25) is 0 Å². The minimum atomic E-state index is -3.82. The smallest absolute Gasteiger partial charge is 0.245 e. The van der Waals surface area contributed by atoms with Gasteiger partial charge in [0.2, 0.25) is 15.9 Å². The molecule has 1 N–H and O–H groups in total. The maximum Gasteiger partial charge on any atom is 0.245 e. The van der Waals surface area contributed by atoms with Crippen molar-refractivity contribution in [3.63, 3.8) is 0 Å². The molecule has 2 aromatic carbocycles. The average Bonchev–Trinajstić information content (AvgIpc) is 2.46. The van der Waals surface area contributed by atoms with E-state index < -0.39 is 34.1 Å². The van der Waals surface area contributed by atoms with Gasteiger partial charge < -0.3 is 5.32 Å². The maximum absolute atomic E-state index is 13.5. The number of para-hydroxylation sites is 1. The van der Waals surface area contributed by atoms with Gasteiger partial charge in [0.15, 0.2) is 0 Å². The number of amides is 1. The summed E-state index contributed by atoms with van der Waals surface area (Å²) in [4.78, 5) is 12.0. The molecule has 0 atom stereocenters. The minimum Gasteiger partial charge on any atom is -0.322 e. The van der Waals surface area contributed by atoms with Gasteiger partial charge in [-0.15, -0.1) is 0 Å². The molecule has 0 bridgehead atoms. The molecule has 0 heterocycles. The third-order valence-corrected chi connectivity index (χ3v) is 4.07. The normalized spacial score (nSPS) is 11.1. The number of halogens is 2. The Balaban J connectivity index is 2.22. The summed E-state index contributed by atoms with van der Waals surface area (Å²) in [5.41, 5.74) is -0.0543. The van der Waals surface area contributed by atoms with E-state index in [0.717, 1.165) is 28.8 Å². The summed E-state index contributed by atoms with van der Waals surface area (Å²) >= 11 is 0. The van der Waals surface area contributed by atoms with Crippen molar-refractivity contribution in [2.24, 2.45) is 0 Å². The number of hydrogen-bond acceptors (Lipinski definition) is 3. The number of rotatable bonds is 5. The summed E-state index contributed by atoms with van der Waals surface area (Å²) in [5, 5.41) is 2.28. The van der Waals surface area contributed by atoms with Crippen LogP contribution in [-0.4, -0.2) is 27.1 Å². The van der Waals surface area contributed by atoms with E-state index >= 15 is 0 Å². The Morgan fingerprint density at radius 3 is 2.43 bits per heavy atom. The standard InChI is InChI=1S/C15H14F2N2O3S/c1-23(21,22)19(12-6-4-5-11(16)9-12)10-15(20)18-14-8-3-2-7-13(14)17/h2-9H,10H2,1H3,(H,18,20). The summed E-state index contributed by atoms with van der Waals surface area (Å²) in [5.74, 6) is -2.02. The number of carbonyl (C=O) groups is 1. The van der Waals surface area contributed by atoms with Crippen molar-refractivity contribution in [2.45, 2.75) is 0 Å². The van der Waals surface area contributed by atoms with Gasteiger partial charge in [-0.25, -0.2) is 17.2 Å². The van der Waals surface area contributed by atoms with Crippen LogP contribution in [0, 0.1) is 11.6 Å². The topological polar surface area (TPSA) is 66.5 Å². The Labute approximate surface area is 132 Å². The first kappa shape index (κ1) is 16.9. The van der Waals surface area contributed by atoms with Crippen LogP contribution in [0.4, 0.5) is 20.2 Å². The molecule has 0 radical (unpaired) electrons. The fourth-order valence-electron chi connectivity index (χ4n) is 1.91. The molecular weight excluding hydrogens is 326 g/mol. The van der Waals surface area contributed by atoms with Gasteiger partial charge in [-0.2, -0.15) is 0 Å². The van der Waals surface area contributed by atoms with E-state index in [1.165, 1.54) is 30.3 Å². The number of nitrogens with zero attached hydrogens (tertiary/aromatic N) is 1. The number of anilines is 2. The average molecular weight is 340 g/mol. The van der Waals surface area contributed by atoms with E-state index in [0.29, 0.717) is 0 Å². The molecule has 0 saturated carbocycles. The van der Waals surface area contributed by atoms with Crippen molar-refractivity contribution >= 4 is 27.3 Å². The number of carbonyl (C=O) groups excluding carboxylic acids is 1. The van der Waals surface area contributed by atoms with Crippen LogP contribution in [-0.2, 0) is 14.8 Å². The lowest BCUT2D eigenvalue weighted by Gasteiger charge is -2.22. The van der Waals surface area contributed by atoms with E-state index in [9.17, 15) is 22.0 Å². The fourth-order valence-corrected chi connectivity index (χ4v) is 2.76. The highest BCUT2D eigenvalue weighted by atomic mass is 32.2. The molecule has 0 aliphatic rings. The van der Waals surface area contributed by atoms with Crippen molar-refractivity contribution in [1.82, 2.24) is 0 Å². The number of nitrogens with one attached hydrogen (secondary N) is 1. The second-order valence-electron chi connectivity index (χ2n) is 4.78. The number of sulfonamides is 1. The molecule has 5 nitrogen and oxygen atoms in total. The highest BCUT2D eigenvalue weighted by molar-refractivity contribution is 7.92. The van der Waals surface area contributed by atoms with Crippen molar-refractivity contribution in [1.29, 1.82) is 0 Å². The first-order valence-electron chi connectivity index (χ1n) is 6.55. The van der Waals surface area contributed by atoms with Crippen molar-refractivity contribution in [3.8, 4) is 0 Å². The van der Waals surface area contributed by atoms with E-state index in [1.54, 1.807) is 0 Å². The van der Waals surface area contributed by atoms with Crippen LogP contribution < -0.4 is 9.62 Å². The number of benzene rings is 2. The molecule has 0 unspecified atom stereocenters. The fraction of sp³-hybridized carbons (Fsp3) is 0.133. The Morgan fingerprint density at radius 2 is 1.83 bits per heavy atom. The second kappa shape index (κ2) is 6.74. The molecule has 0 saturated heterocycles. The largest absolute Gasteiger partial charge is 0.322 e. The zero-order valence-electron chi connectivity index (χ0n) is 12.2. The molecular formula is C15H14F2N2O3S. The molecule has 23 heavy (non-hydrogen) atoms. The van der Waals surface area contributed by atoms with Crippen LogP contribution in [0.15, 0.2) is 48.5 Å². The summed E-state index contributed by atoms with van der Waals surface area (Å²) in [6.45, 7) is -0.601. The molecule has 8 heteroatoms. The molecule has 1 amide bonds. The van der Waals surface area contributed by atoms with Crippen LogP contribution in [0.5, 0.6) is 0 Å². The van der Waals surface area contributed by atoms with E-state index in [-0.39, 0.29) is 11.4 Å². The zero-order valence-corrected chi connectivity index (χ0v) is 13.0. The van der Waals surface area contributed by atoms with Crippen molar-refractivity contribution in [3.05, 3.63) is 60.2 Å². The zero-order chi connectivity index (χ0) is 17.0. The van der Waals surface area contributed by atoms with Crippen LogP contribution in [0.3, 0.4) is 0 Å². The van der Waals surface area contributed by atoms with Crippen LogP contribution in [0.1, 0.15) is 0 Å². The van der Waals surface area contributed by atoms with Gasteiger partial charge in [-0.1, -0.05) is 18.2 Å². The monoisotopic (exact) mass is 340 g/mol. The van der Waals surface area contributed by atoms with Gasteiger partial charge in [-0.05, 0) is 30.3 Å². The van der Waals surface area contributed by atoms with Crippen molar-refractivity contribution in [2.75, 3.05) is 22.4 Å². The Kier molecular flexibility index (Phi) is 4.95. The molecule has 0 aliphatic heterocycles. The highest BCUT2D eigenvalue weighted by Crippen LogP contribution is 2.19. The molecule has 0 spiro atoms. The van der Waals surface area contributed by atoms with E-state index in [4.69, 9.17) is 0 Å². The maximum atomic E-state index is 13.5. The first-order valence-corrected chi connectivity index (χ1v) is 8.40. The third-order valence-electron chi connectivity index (χ3n) is 2.93. The van der Waals surface area contributed by atoms with Gasteiger partial charge >= 0.3 is 0 Å². The number of hydrogen-bond donors (Lipinski definition) is 1. The Bertz CT molecular complexity index is 825. The predicted molar refractivity (Wildman–Crippen MR) is 83.6 cm³/mol. The van der Waals surface area contributed by atoms with Crippen molar-refractivity contribution < 1.29 is 22.0 Å². The van der Waals surface area contributed by atoms with Gasteiger partial charge in [0.1, 0.15) is 18.2 Å². The molecule has 2 rings (SSSR count). The van der Waals surface area contributed by atoms with Crippen LogP contribution in [0.25, 0.3) is 0 Å². The Hall–Kier alpha value is -2.48. The summed E-state index contributed by atoms with van der Waals surface area (Å²) in [6, 6.07) is 10.3. The molecule has 0 fully saturated rings. The summed E-state index contributed by atoms with van der Waals surface area (Å²) < 4.78 is 51.2. The lowest BCUT2D eigenvalue weighted by Crippen LogP contribution is -2.37. The van der Waals surface area contributed by atoms with Gasteiger partial charge in [-0.3, -0.25) is 9.10 Å². The molecule has 2 aromatic rings. The minimum absolute atomic E-state index is 0.0104. The van der Waals surface area contributed by atoms with E-state index in [2.05, 4.69) is 5.32 Å². The third kappa shape index (κ3) is 4.49. The predicted octanol–water partition coefficient (Wildman–Crippen LogP) is 2.37. The quantitative estimate of drug-likeness (QED) is 0.909. The molecule has 0 aliphatic carbocycles. The van der Waals surface area contributed by atoms with Gasteiger partial charge in [0, 0.05) is 0 Å². The van der Waals surface area contributed by atoms with Crippen LogP contribution >= 0.6 is 0 Å². The lowest BCUT2D eigenvalue weighted by atomic mass is 10.3. The second-order valence-corrected chi connectivity index (χ2v) is 6.68. The van der Waals surface area contributed by atoms with Gasteiger partial charge in [0.05, 0.1) is 17.6 Å². The molecule has 122 valence electrons.